The van der Waals surface area contributed by atoms with Gasteiger partial charge in [-0.05, 0) is 12.5 Å². The van der Waals surface area contributed by atoms with Crippen molar-refractivity contribution in [3.05, 3.63) is 59.9 Å². The van der Waals surface area contributed by atoms with Crippen molar-refractivity contribution in [1.29, 1.82) is 0 Å². The van der Waals surface area contributed by atoms with Gasteiger partial charge in [0, 0.05) is 30.4 Å². The summed E-state index contributed by atoms with van der Waals surface area (Å²) in [7, 11) is 1.82. The van der Waals surface area contributed by atoms with Crippen LogP contribution in [-0.4, -0.2) is 32.6 Å². The lowest BCUT2D eigenvalue weighted by molar-refractivity contribution is -0.134. The molecule has 1 amide bonds. The van der Waals surface area contributed by atoms with E-state index in [2.05, 4.69) is 10.1 Å². The minimum absolute atomic E-state index is 0.0514. The van der Waals surface area contributed by atoms with Gasteiger partial charge in [-0.1, -0.05) is 37.3 Å². The fourth-order valence-corrected chi connectivity index (χ4v) is 3.43. The van der Waals surface area contributed by atoms with Crippen LogP contribution in [-0.2, 0) is 11.3 Å². The lowest BCUT2D eigenvalue weighted by Gasteiger charge is -2.22. The molecule has 0 spiro atoms. The third kappa shape index (κ3) is 3.54. The Labute approximate surface area is 145 Å². The number of likely N-dealkylation sites (N-methyl/N-ethyl adjacent to an activating group) is 1. The Kier molecular flexibility index (Phi) is 5.05. The number of rotatable bonds is 6. The van der Waals surface area contributed by atoms with Gasteiger partial charge in [0.05, 0.1) is 12.2 Å². The molecule has 1 atom stereocenters. The molecule has 24 heavy (non-hydrogen) atoms. The Morgan fingerprint density at radius 3 is 2.75 bits per heavy atom. The first-order valence-corrected chi connectivity index (χ1v) is 8.81. The molecule has 2 heterocycles. The van der Waals surface area contributed by atoms with Crippen LogP contribution in [0.4, 0.5) is 0 Å². The molecule has 0 saturated carbocycles. The highest BCUT2D eigenvalue weighted by molar-refractivity contribution is 7.13. The molecule has 0 saturated heterocycles. The van der Waals surface area contributed by atoms with Gasteiger partial charge in [-0.2, -0.15) is 5.10 Å². The Hall–Kier alpha value is -2.47. The molecule has 0 radical (unpaired) electrons. The average Bonchev–Trinajstić information content (AvgIpc) is 3.28. The highest BCUT2D eigenvalue weighted by atomic mass is 32.1. The van der Waals surface area contributed by atoms with Crippen molar-refractivity contribution in [1.82, 2.24) is 19.7 Å². The van der Waals surface area contributed by atoms with Gasteiger partial charge in [0.1, 0.15) is 11.0 Å². The van der Waals surface area contributed by atoms with Crippen molar-refractivity contribution in [2.75, 3.05) is 7.05 Å². The van der Waals surface area contributed by atoms with E-state index < -0.39 is 0 Å². The van der Waals surface area contributed by atoms with Gasteiger partial charge in [0.15, 0.2) is 0 Å². The first-order chi connectivity index (χ1) is 11.7. The van der Waals surface area contributed by atoms with Crippen molar-refractivity contribution >= 4 is 17.2 Å². The number of carbonyl (C=O) groups is 1. The number of hydrogen-bond donors (Lipinski definition) is 0. The minimum atomic E-state index is -0.266. The zero-order valence-corrected chi connectivity index (χ0v) is 14.6. The zero-order valence-electron chi connectivity index (χ0n) is 13.8. The van der Waals surface area contributed by atoms with E-state index in [1.54, 1.807) is 27.1 Å². The summed E-state index contributed by atoms with van der Waals surface area (Å²) in [5.74, 6) is 0.0514. The SMILES string of the molecule is CC[C@H](C(=O)N(C)Cc1csc(-c2ccccc2)n1)n1cccn1. The van der Waals surface area contributed by atoms with Gasteiger partial charge in [0.2, 0.25) is 5.91 Å². The maximum absolute atomic E-state index is 12.7. The monoisotopic (exact) mass is 340 g/mol. The third-order valence-electron chi connectivity index (χ3n) is 3.86. The predicted octanol–water partition coefficient (Wildman–Crippen LogP) is 3.62. The molecule has 0 aliphatic rings. The maximum Gasteiger partial charge on any atom is 0.247 e. The number of hydrogen-bond acceptors (Lipinski definition) is 4. The van der Waals surface area contributed by atoms with Gasteiger partial charge in [-0.15, -0.1) is 11.3 Å². The van der Waals surface area contributed by atoms with Crippen LogP contribution in [0.25, 0.3) is 10.6 Å². The van der Waals surface area contributed by atoms with E-state index >= 15 is 0 Å². The van der Waals surface area contributed by atoms with Crippen LogP contribution >= 0.6 is 11.3 Å². The molecule has 0 bridgehead atoms. The van der Waals surface area contributed by atoms with Crippen molar-refractivity contribution in [3.8, 4) is 10.6 Å². The van der Waals surface area contributed by atoms with E-state index in [9.17, 15) is 4.79 Å². The Balaban J connectivity index is 1.69. The molecule has 0 aliphatic carbocycles. The van der Waals surface area contributed by atoms with E-state index in [0.29, 0.717) is 13.0 Å². The summed E-state index contributed by atoms with van der Waals surface area (Å²) >= 11 is 1.60. The van der Waals surface area contributed by atoms with E-state index in [4.69, 9.17) is 0 Å². The summed E-state index contributed by atoms with van der Waals surface area (Å²) in [6, 6.07) is 11.7. The average molecular weight is 340 g/mol. The smallest absolute Gasteiger partial charge is 0.247 e. The van der Waals surface area contributed by atoms with Gasteiger partial charge in [-0.3, -0.25) is 9.48 Å². The number of nitrogens with zero attached hydrogens (tertiary/aromatic N) is 4. The Morgan fingerprint density at radius 1 is 1.29 bits per heavy atom. The molecule has 0 unspecified atom stereocenters. The van der Waals surface area contributed by atoms with Crippen molar-refractivity contribution in [3.63, 3.8) is 0 Å². The summed E-state index contributed by atoms with van der Waals surface area (Å²) in [5, 5.41) is 7.19. The summed E-state index contributed by atoms with van der Waals surface area (Å²) in [6.07, 6.45) is 4.23. The second-order valence-corrected chi connectivity index (χ2v) is 6.47. The van der Waals surface area contributed by atoms with Gasteiger partial charge in [-0.25, -0.2) is 4.98 Å². The molecular formula is C18H20N4OS. The van der Waals surface area contributed by atoms with Crippen LogP contribution in [0.1, 0.15) is 25.1 Å². The molecule has 124 valence electrons. The van der Waals surface area contributed by atoms with E-state index in [1.807, 2.05) is 61.9 Å². The van der Waals surface area contributed by atoms with Crippen molar-refractivity contribution in [2.45, 2.75) is 25.9 Å². The fourth-order valence-electron chi connectivity index (χ4n) is 2.61. The van der Waals surface area contributed by atoms with Crippen LogP contribution in [0.5, 0.6) is 0 Å². The zero-order chi connectivity index (χ0) is 16.9. The molecule has 5 nitrogen and oxygen atoms in total. The second kappa shape index (κ2) is 7.40. The highest BCUT2D eigenvalue weighted by Crippen LogP contribution is 2.24. The molecule has 1 aromatic carbocycles. The summed E-state index contributed by atoms with van der Waals surface area (Å²) in [6.45, 7) is 2.49. The standard InChI is InChI=1S/C18H20N4OS/c1-3-16(22-11-7-10-19-22)18(23)21(2)12-15-13-24-17(20-15)14-8-5-4-6-9-14/h4-11,13,16H,3,12H2,1-2H3/t16-/m1/s1. The molecule has 0 N–H and O–H groups in total. The summed E-state index contributed by atoms with van der Waals surface area (Å²) in [4.78, 5) is 19.1. The molecular weight excluding hydrogens is 320 g/mol. The molecule has 0 fully saturated rings. The molecule has 0 aliphatic heterocycles. The van der Waals surface area contributed by atoms with Gasteiger partial charge in [0.25, 0.3) is 0 Å². The van der Waals surface area contributed by atoms with Crippen LogP contribution in [0.15, 0.2) is 54.2 Å². The lowest BCUT2D eigenvalue weighted by atomic mass is 10.2. The third-order valence-corrected chi connectivity index (χ3v) is 4.80. The lowest BCUT2D eigenvalue weighted by Crippen LogP contribution is -2.34. The summed E-state index contributed by atoms with van der Waals surface area (Å²) in [5.41, 5.74) is 2.01. The molecule has 3 rings (SSSR count). The van der Waals surface area contributed by atoms with Crippen molar-refractivity contribution < 1.29 is 4.79 Å². The second-order valence-electron chi connectivity index (χ2n) is 5.61. The molecule has 6 heteroatoms. The van der Waals surface area contributed by atoms with E-state index in [0.717, 1.165) is 16.3 Å². The van der Waals surface area contributed by atoms with E-state index in [-0.39, 0.29) is 11.9 Å². The first kappa shape index (κ1) is 16.4. The topological polar surface area (TPSA) is 51.0 Å². The summed E-state index contributed by atoms with van der Waals surface area (Å²) < 4.78 is 1.72. The maximum atomic E-state index is 12.7. The Morgan fingerprint density at radius 2 is 2.08 bits per heavy atom. The van der Waals surface area contributed by atoms with Crippen LogP contribution in [0.2, 0.25) is 0 Å². The number of aromatic nitrogens is 3. The quantitative estimate of drug-likeness (QED) is 0.689. The van der Waals surface area contributed by atoms with Crippen molar-refractivity contribution in [2.24, 2.45) is 0 Å². The van der Waals surface area contributed by atoms with Gasteiger partial charge < -0.3 is 4.90 Å². The van der Waals surface area contributed by atoms with Gasteiger partial charge >= 0.3 is 0 Å². The fraction of sp³-hybridized carbons (Fsp3) is 0.278. The predicted molar refractivity (Wildman–Crippen MR) is 95.6 cm³/mol. The first-order valence-electron chi connectivity index (χ1n) is 7.93. The number of thiazole rings is 1. The minimum Gasteiger partial charge on any atom is -0.338 e. The molecule has 2 aromatic heterocycles. The van der Waals surface area contributed by atoms with Crippen LogP contribution in [0, 0.1) is 0 Å². The Bertz CT molecular complexity index is 782. The number of amides is 1. The highest BCUT2D eigenvalue weighted by Gasteiger charge is 2.23. The normalized spacial score (nSPS) is 12.1. The largest absolute Gasteiger partial charge is 0.338 e. The number of carbonyl (C=O) groups excluding carboxylic acids is 1. The molecule has 3 aromatic rings. The van der Waals surface area contributed by atoms with Crippen LogP contribution in [0.3, 0.4) is 0 Å². The van der Waals surface area contributed by atoms with E-state index in [1.165, 1.54) is 0 Å². The van der Waals surface area contributed by atoms with Crippen LogP contribution < -0.4 is 0 Å². The number of benzene rings is 1.